The molecular formula is C19H26N4OS. The van der Waals surface area contributed by atoms with Crippen LogP contribution in [0.3, 0.4) is 0 Å². The molecule has 1 fully saturated rings. The normalized spacial score (nSPS) is 20.7. The highest BCUT2D eigenvalue weighted by atomic mass is 32.1. The molecule has 1 amide bonds. The van der Waals surface area contributed by atoms with Gasteiger partial charge in [0.1, 0.15) is 6.04 Å². The summed E-state index contributed by atoms with van der Waals surface area (Å²) >= 11 is 1.68. The molecule has 0 radical (unpaired) electrons. The van der Waals surface area contributed by atoms with Crippen LogP contribution in [0, 0.1) is 5.92 Å². The maximum absolute atomic E-state index is 13.2. The van der Waals surface area contributed by atoms with Gasteiger partial charge in [0.25, 0.3) is 0 Å². The molecule has 1 atom stereocenters. The van der Waals surface area contributed by atoms with Crippen molar-refractivity contribution in [1.29, 1.82) is 0 Å². The molecule has 0 bridgehead atoms. The van der Waals surface area contributed by atoms with Gasteiger partial charge in [-0.1, -0.05) is 6.07 Å². The van der Waals surface area contributed by atoms with Crippen LogP contribution >= 0.6 is 11.3 Å². The number of hydrogen-bond donors (Lipinski definition) is 1. The summed E-state index contributed by atoms with van der Waals surface area (Å²) in [4.78, 5) is 21.3. The van der Waals surface area contributed by atoms with Gasteiger partial charge in [0.15, 0.2) is 0 Å². The standard InChI is InChI=1S/C19H26N4OS/c1-13(2)23-12-21-16-7-8-22(11-14-5-6-14)18(17(16)23)19(24)20-10-15-4-3-9-25-15/h3-4,9,12-14,18H,5-8,10-11H2,1-2H3,(H,20,24). The molecule has 3 heterocycles. The molecule has 5 nitrogen and oxygen atoms in total. The number of nitrogens with one attached hydrogen (secondary N) is 1. The van der Waals surface area contributed by atoms with Crippen molar-refractivity contribution in [2.24, 2.45) is 5.92 Å². The second kappa shape index (κ2) is 6.92. The van der Waals surface area contributed by atoms with Crippen LogP contribution in [0.5, 0.6) is 0 Å². The van der Waals surface area contributed by atoms with Crippen LogP contribution < -0.4 is 5.32 Å². The summed E-state index contributed by atoms with van der Waals surface area (Å²) < 4.78 is 2.18. The Morgan fingerprint density at radius 2 is 2.28 bits per heavy atom. The Morgan fingerprint density at radius 1 is 1.44 bits per heavy atom. The van der Waals surface area contributed by atoms with Gasteiger partial charge in [0.05, 0.1) is 24.3 Å². The number of amides is 1. The number of hydrogen-bond acceptors (Lipinski definition) is 4. The van der Waals surface area contributed by atoms with Gasteiger partial charge in [-0.3, -0.25) is 9.69 Å². The van der Waals surface area contributed by atoms with E-state index in [2.05, 4.69) is 39.7 Å². The zero-order chi connectivity index (χ0) is 17.4. The topological polar surface area (TPSA) is 50.2 Å². The Hall–Kier alpha value is -1.66. The van der Waals surface area contributed by atoms with Crippen molar-refractivity contribution in [2.75, 3.05) is 13.1 Å². The summed E-state index contributed by atoms with van der Waals surface area (Å²) in [5.74, 6) is 0.877. The molecule has 0 saturated heterocycles. The lowest BCUT2D eigenvalue weighted by atomic mass is 10.0. The molecule has 1 aliphatic heterocycles. The molecule has 2 aromatic heterocycles. The molecule has 134 valence electrons. The molecule has 25 heavy (non-hydrogen) atoms. The van der Waals surface area contributed by atoms with E-state index in [1.54, 1.807) is 11.3 Å². The highest BCUT2D eigenvalue weighted by molar-refractivity contribution is 7.09. The molecule has 4 rings (SSSR count). The van der Waals surface area contributed by atoms with Crippen molar-refractivity contribution in [3.63, 3.8) is 0 Å². The van der Waals surface area contributed by atoms with E-state index < -0.39 is 0 Å². The number of imidazole rings is 1. The van der Waals surface area contributed by atoms with Crippen molar-refractivity contribution in [1.82, 2.24) is 19.8 Å². The zero-order valence-corrected chi connectivity index (χ0v) is 15.8. The first-order valence-corrected chi connectivity index (χ1v) is 10.1. The highest BCUT2D eigenvalue weighted by Crippen LogP contribution is 2.36. The molecule has 1 saturated carbocycles. The van der Waals surface area contributed by atoms with Crippen molar-refractivity contribution in [3.05, 3.63) is 40.1 Å². The Morgan fingerprint density at radius 3 is 2.96 bits per heavy atom. The Labute approximate surface area is 153 Å². The summed E-state index contributed by atoms with van der Waals surface area (Å²) in [6.07, 6.45) is 5.46. The van der Waals surface area contributed by atoms with Gasteiger partial charge in [-0.25, -0.2) is 4.98 Å². The Balaban J connectivity index is 1.60. The first-order valence-electron chi connectivity index (χ1n) is 9.23. The summed E-state index contributed by atoms with van der Waals surface area (Å²) in [6, 6.07) is 4.19. The molecule has 1 unspecified atom stereocenters. The van der Waals surface area contributed by atoms with Gasteiger partial charge in [-0.05, 0) is 44.1 Å². The number of fused-ring (bicyclic) bond motifs is 1. The average Bonchev–Trinajstić information content (AvgIpc) is 3.10. The second-order valence-corrected chi connectivity index (χ2v) is 8.50. The van der Waals surface area contributed by atoms with Gasteiger partial charge in [0, 0.05) is 30.4 Å². The molecule has 0 spiro atoms. The van der Waals surface area contributed by atoms with E-state index >= 15 is 0 Å². The maximum Gasteiger partial charge on any atom is 0.243 e. The van der Waals surface area contributed by atoms with Crippen LogP contribution in [0.2, 0.25) is 0 Å². The van der Waals surface area contributed by atoms with Crippen molar-refractivity contribution in [3.8, 4) is 0 Å². The first kappa shape index (κ1) is 16.8. The van der Waals surface area contributed by atoms with E-state index in [9.17, 15) is 4.79 Å². The summed E-state index contributed by atoms with van der Waals surface area (Å²) in [7, 11) is 0. The van der Waals surface area contributed by atoms with Crippen LogP contribution in [-0.2, 0) is 17.8 Å². The quantitative estimate of drug-likeness (QED) is 0.863. The maximum atomic E-state index is 13.2. The summed E-state index contributed by atoms with van der Waals surface area (Å²) in [6.45, 7) is 6.87. The molecule has 0 aromatic carbocycles. The molecule has 2 aromatic rings. The number of carbonyl (C=O) groups is 1. The Kier molecular flexibility index (Phi) is 4.65. The van der Waals surface area contributed by atoms with E-state index in [-0.39, 0.29) is 11.9 Å². The smallest absolute Gasteiger partial charge is 0.243 e. The van der Waals surface area contributed by atoms with Crippen LogP contribution in [-0.4, -0.2) is 33.4 Å². The minimum atomic E-state index is -0.214. The minimum absolute atomic E-state index is 0.109. The van der Waals surface area contributed by atoms with Gasteiger partial charge in [-0.2, -0.15) is 0 Å². The first-order chi connectivity index (χ1) is 12.1. The van der Waals surface area contributed by atoms with Crippen molar-refractivity contribution in [2.45, 2.75) is 51.7 Å². The lowest BCUT2D eigenvalue weighted by Gasteiger charge is -2.36. The van der Waals surface area contributed by atoms with Crippen LogP contribution in [0.25, 0.3) is 0 Å². The monoisotopic (exact) mass is 358 g/mol. The molecular weight excluding hydrogens is 332 g/mol. The highest BCUT2D eigenvalue weighted by Gasteiger charge is 2.39. The van der Waals surface area contributed by atoms with Gasteiger partial charge >= 0.3 is 0 Å². The number of rotatable bonds is 6. The lowest BCUT2D eigenvalue weighted by molar-refractivity contribution is -0.127. The molecule has 6 heteroatoms. The fourth-order valence-corrected chi connectivity index (χ4v) is 4.31. The zero-order valence-electron chi connectivity index (χ0n) is 14.9. The van der Waals surface area contributed by atoms with Gasteiger partial charge in [0.2, 0.25) is 5.91 Å². The lowest BCUT2D eigenvalue weighted by Crippen LogP contribution is -2.46. The number of nitrogens with zero attached hydrogens (tertiary/aromatic N) is 3. The Bertz CT molecular complexity index is 733. The van der Waals surface area contributed by atoms with E-state index in [0.29, 0.717) is 12.6 Å². The summed E-state index contributed by atoms with van der Waals surface area (Å²) in [5.41, 5.74) is 2.20. The van der Waals surface area contributed by atoms with E-state index in [1.807, 2.05) is 17.8 Å². The largest absolute Gasteiger partial charge is 0.349 e. The molecule has 1 N–H and O–H groups in total. The number of carbonyl (C=O) groups excluding carboxylic acids is 1. The third-order valence-electron chi connectivity index (χ3n) is 5.18. The SMILES string of the molecule is CC(C)n1cnc2c1C(C(=O)NCc1cccs1)N(CC1CC1)CC2. The third kappa shape index (κ3) is 3.51. The predicted molar refractivity (Wildman–Crippen MR) is 99.5 cm³/mol. The van der Waals surface area contributed by atoms with E-state index in [1.165, 1.54) is 17.7 Å². The van der Waals surface area contributed by atoms with Crippen LogP contribution in [0.15, 0.2) is 23.8 Å². The van der Waals surface area contributed by atoms with Crippen molar-refractivity contribution >= 4 is 17.2 Å². The minimum Gasteiger partial charge on any atom is -0.349 e. The van der Waals surface area contributed by atoms with Crippen molar-refractivity contribution < 1.29 is 4.79 Å². The number of thiophene rings is 1. The molecule has 1 aliphatic carbocycles. The fourth-order valence-electron chi connectivity index (χ4n) is 3.67. The predicted octanol–water partition coefficient (Wildman–Crippen LogP) is 3.15. The summed E-state index contributed by atoms with van der Waals surface area (Å²) in [5, 5.41) is 5.21. The second-order valence-electron chi connectivity index (χ2n) is 7.47. The molecule has 2 aliphatic rings. The van der Waals surface area contributed by atoms with E-state index in [0.717, 1.165) is 36.8 Å². The van der Waals surface area contributed by atoms with Gasteiger partial charge in [-0.15, -0.1) is 11.3 Å². The average molecular weight is 359 g/mol. The van der Waals surface area contributed by atoms with Gasteiger partial charge < -0.3 is 9.88 Å². The van der Waals surface area contributed by atoms with Crippen LogP contribution in [0.4, 0.5) is 0 Å². The third-order valence-corrected chi connectivity index (χ3v) is 6.06. The van der Waals surface area contributed by atoms with E-state index in [4.69, 9.17) is 0 Å². The fraction of sp³-hybridized carbons (Fsp3) is 0.579. The number of aromatic nitrogens is 2. The van der Waals surface area contributed by atoms with Crippen LogP contribution in [0.1, 0.15) is 55.0 Å².